The molecule has 13 heavy (non-hydrogen) atoms. The molecule has 0 radical (unpaired) electrons. The van der Waals surface area contributed by atoms with Crippen molar-refractivity contribution in [1.82, 2.24) is 0 Å². The highest BCUT2D eigenvalue weighted by atomic mass is 35.6. The van der Waals surface area contributed by atoms with Crippen molar-refractivity contribution in [1.29, 1.82) is 0 Å². The molecule has 0 heterocycles. The van der Waals surface area contributed by atoms with Crippen molar-refractivity contribution < 1.29 is 0 Å². The van der Waals surface area contributed by atoms with Crippen LogP contribution in [0.15, 0.2) is 21.9 Å². The molecule has 0 aromatic heterocycles. The van der Waals surface area contributed by atoms with E-state index >= 15 is 0 Å². The number of rotatable bonds is 2. The maximum absolute atomic E-state index is 6.39. The van der Waals surface area contributed by atoms with Crippen molar-refractivity contribution in [2.45, 2.75) is 47.7 Å². The van der Waals surface area contributed by atoms with Crippen molar-refractivity contribution in [3.05, 3.63) is 21.9 Å². The minimum absolute atomic E-state index is 1.38. The van der Waals surface area contributed by atoms with E-state index in [2.05, 4.69) is 47.7 Å². The highest BCUT2D eigenvalue weighted by Crippen LogP contribution is 2.26. The molecule has 0 nitrogen and oxygen atoms in total. The first-order valence-corrected chi connectivity index (χ1v) is 8.70. The van der Waals surface area contributed by atoms with Crippen LogP contribution in [0.1, 0.15) is 34.6 Å². The molecule has 2 heteroatoms. The van der Waals surface area contributed by atoms with Gasteiger partial charge in [0.05, 0.1) is 0 Å². The predicted octanol–water partition coefficient (Wildman–Crippen LogP) is 4.66. The van der Waals surface area contributed by atoms with Crippen molar-refractivity contribution in [3.8, 4) is 0 Å². The lowest BCUT2D eigenvalue weighted by Gasteiger charge is -2.18. The molecule has 0 saturated heterocycles. The molecule has 0 aliphatic heterocycles. The van der Waals surface area contributed by atoms with Crippen molar-refractivity contribution >= 4 is 18.5 Å². The van der Waals surface area contributed by atoms with Crippen LogP contribution in [-0.4, -0.2) is 7.38 Å². The standard InChI is InChI=1S/C11H21ClSi/c1-8(2)9(3)10(4)11(5)13(6,7)12/h1-7H3/b11-10+. The van der Waals surface area contributed by atoms with E-state index in [9.17, 15) is 0 Å². The van der Waals surface area contributed by atoms with Crippen molar-refractivity contribution in [2.75, 3.05) is 0 Å². The zero-order valence-corrected chi connectivity index (χ0v) is 11.6. The molecule has 0 fully saturated rings. The fourth-order valence-corrected chi connectivity index (χ4v) is 2.61. The molecule has 0 unspecified atom stereocenters. The Bertz CT molecular complexity index is 250. The lowest BCUT2D eigenvalue weighted by molar-refractivity contribution is 1.21. The lowest BCUT2D eigenvalue weighted by atomic mass is 10.1. The molecule has 0 bridgehead atoms. The van der Waals surface area contributed by atoms with Gasteiger partial charge in [-0.3, -0.25) is 0 Å². The normalized spacial score (nSPS) is 13.8. The fourth-order valence-electron chi connectivity index (χ4n) is 1.10. The largest absolute Gasteiger partial charge is 0.176 e. The molecule has 0 spiro atoms. The van der Waals surface area contributed by atoms with Gasteiger partial charge in [-0.05, 0) is 40.2 Å². The monoisotopic (exact) mass is 216 g/mol. The smallest absolute Gasteiger partial charge is 0.162 e. The molecule has 76 valence electrons. The van der Waals surface area contributed by atoms with Crippen LogP contribution in [0.2, 0.25) is 13.1 Å². The average molecular weight is 217 g/mol. The summed E-state index contributed by atoms with van der Waals surface area (Å²) in [6, 6.07) is 0. The molecule has 0 atom stereocenters. The Morgan fingerprint density at radius 1 is 0.846 bits per heavy atom. The van der Waals surface area contributed by atoms with E-state index in [0.29, 0.717) is 0 Å². The second kappa shape index (κ2) is 4.47. The Hall–Kier alpha value is -0.0131. The van der Waals surface area contributed by atoms with Crippen LogP contribution in [0.25, 0.3) is 0 Å². The summed E-state index contributed by atoms with van der Waals surface area (Å²) in [6.07, 6.45) is 0. The van der Waals surface area contributed by atoms with Crippen molar-refractivity contribution in [3.63, 3.8) is 0 Å². The molecular formula is C11H21ClSi. The first kappa shape index (κ1) is 13.0. The predicted molar refractivity (Wildman–Crippen MR) is 65.8 cm³/mol. The van der Waals surface area contributed by atoms with E-state index in [0.717, 1.165) is 0 Å². The van der Waals surface area contributed by atoms with Crippen LogP contribution in [0.3, 0.4) is 0 Å². The summed E-state index contributed by atoms with van der Waals surface area (Å²) in [5.41, 5.74) is 4.15. The number of hydrogen-bond donors (Lipinski definition) is 0. The summed E-state index contributed by atoms with van der Waals surface area (Å²) in [5.74, 6) is 0. The van der Waals surface area contributed by atoms with Gasteiger partial charge in [-0.15, -0.1) is 0 Å². The van der Waals surface area contributed by atoms with Gasteiger partial charge in [-0.25, -0.2) is 0 Å². The summed E-state index contributed by atoms with van der Waals surface area (Å²) < 4.78 is 0. The second-order valence-electron chi connectivity index (χ2n) is 4.35. The Morgan fingerprint density at radius 3 is 1.46 bits per heavy atom. The summed E-state index contributed by atoms with van der Waals surface area (Å²) in [6.45, 7) is 15.2. The maximum Gasteiger partial charge on any atom is 0.176 e. The van der Waals surface area contributed by atoms with E-state index < -0.39 is 7.38 Å². The van der Waals surface area contributed by atoms with Crippen LogP contribution in [0.5, 0.6) is 0 Å². The third kappa shape index (κ3) is 3.70. The molecular weight excluding hydrogens is 196 g/mol. The van der Waals surface area contributed by atoms with Crippen molar-refractivity contribution in [2.24, 2.45) is 0 Å². The first-order chi connectivity index (χ1) is 5.68. The minimum Gasteiger partial charge on any atom is -0.162 e. The van der Waals surface area contributed by atoms with Crippen LogP contribution < -0.4 is 0 Å². The van der Waals surface area contributed by atoms with Gasteiger partial charge in [0.15, 0.2) is 7.38 Å². The second-order valence-corrected chi connectivity index (χ2v) is 10.9. The molecule has 0 N–H and O–H groups in total. The van der Waals surface area contributed by atoms with E-state index in [4.69, 9.17) is 11.1 Å². The highest BCUT2D eigenvalue weighted by Gasteiger charge is 2.21. The van der Waals surface area contributed by atoms with Gasteiger partial charge in [-0.2, -0.15) is 11.1 Å². The van der Waals surface area contributed by atoms with Crippen LogP contribution in [0, 0.1) is 0 Å². The summed E-state index contributed by atoms with van der Waals surface area (Å²) >= 11 is 6.39. The van der Waals surface area contributed by atoms with E-state index in [1.807, 2.05) is 0 Å². The van der Waals surface area contributed by atoms with E-state index in [1.54, 1.807) is 0 Å². The molecule has 0 aliphatic carbocycles. The van der Waals surface area contributed by atoms with Gasteiger partial charge in [0.2, 0.25) is 0 Å². The third-order valence-corrected chi connectivity index (χ3v) is 5.78. The molecule has 0 aromatic rings. The Kier molecular flexibility index (Phi) is 4.47. The molecule has 0 aliphatic rings. The molecule has 0 aromatic carbocycles. The topological polar surface area (TPSA) is 0 Å². The molecule has 0 rings (SSSR count). The lowest BCUT2D eigenvalue weighted by Crippen LogP contribution is -2.20. The zero-order chi connectivity index (χ0) is 10.8. The first-order valence-electron chi connectivity index (χ1n) is 4.69. The van der Waals surface area contributed by atoms with Gasteiger partial charge in [0.25, 0.3) is 0 Å². The molecule has 0 saturated carbocycles. The van der Waals surface area contributed by atoms with Crippen LogP contribution in [0.4, 0.5) is 0 Å². The Balaban J connectivity index is 5.18. The summed E-state index contributed by atoms with van der Waals surface area (Å²) in [5, 5.41) is 1.40. The van der Waals surface area contributed by atoms with Gasteiger partial charge in [0, 0.05) is 0 Å². The molecule has 0 amide bonds. The van der Waals surface area contributed by atoms with Crippen LogP contribution >= 0.6 is 11.1 Å². The maximum atomic E-state index is 6.39. The van der Waals surface area contributed by atoms with Crippen LogP contribution in [-0.2, 0) is 0 Å². The average Bonchev–Trinajstić information content (AvgIpc) is 1.98. The third-order valence-electron chi connectivity index (χ3n) is 2.77. The van der Waals surface area contributed by atoms with E-state index in [1.165, 1.54) is 21.9 Å². The van der Waals surface area contributed by atoms with Gasteiger partial charge in [0.1, 0.15) is 0 Å². The quantitative estimate of drug-likeness (QED) is 0.358. The number of allylic oxidation sites excluding steroid dienone is 4. The Labute approximate surface area is 88.4 Å². The fraction of sp³-hybridized carbons (Fsp3) is 0.636. The highest BCUT2D eigenvalue weighted by molar-refractivity contribution is 7.23. The zero-order valence-electron chi connectivity index (χ0n) is 9.88. The number of halogens is 1. The summed E-state index contributed by atoms with van der Waals surface area (Å²) in [7, 11) is -1.61. The van der Waals surface area contributed by atoms with Gasteiger partial charge in [-0.1, -0.05) is 29.4 Å². The Morgan fingerprint density at radius 2 is 1.23 bits per heavy atom. The van der Waals surface area contributed by atoms with E-state index in [-0.39, 0.29) is 0 Å². The minimum atomic E-state index is -1.61. The summed E-state index contributed by atoms with van der Waals surface area (Å²) in [4.78, 5) is 0. The van der Waals surface area contributed by atoms with Gasteiger partial charge >= 0.3 is 0 Å². The SMILES string of the molecule is CC(C)=C(C)/C(C)=C(\C)[Si](C)(C)Cl. The number of hydrogen-bond acceptors (Lipinski definition) is 0. The van der Waals surface area contributed by atoms with Gasteiger partial charge < -0.3 is 0 Å².